The molecule has 1 saturated heterocycles. The number of benzene rings is 1. The Bertz CT molecular complexity index is 1110. The highest BCUT2D eigenvalue weighted by Gasteiger charge is 2.38. The third kappa shape index (κ3) is 3.78. The van der Waals surface area contributed by atoms with Gasteiger partial charge >= 0.3 is 6.18 Å². The second kappa shape index (κ2) is 7.45. The van der Waals surface area contributed by atoms with Crippen LogP contribution in [0.5, 0.6) is 0 Å². The summed E-state index contributed by atoms with van der Waals surface area (Å²) in [6.07, 6.45) is 1.50. The van der Waals surface area contributed by atoms with Crippen molar-refractivity contribution in [3.8, 4) is 11.4 Å². The number of hydrogen-bond donors (Lipinski definition) is 1. The minimum atomic E-state index is -4.46. The number of amides is 1. The summed E-state index contributed by atoms with van der Waals surface area (Å²) in [5.41, 5.74) is 0.405. The first kappa shape index (κ1) is 19.7. The van der Waals surface area contributed by atoms with Gasteiger partial charge in [0.25, 0.3) is 5.91 Å². The maximum atomic E-state index is 13.0. The Balaban J connectivity index is 1.33. The molecule has 2 atom stereocenters. The number of hydrogen-bond acceptors (Lipinski definition) is 5. The van der Waals surface area contributed by atoms with Crippen LogP contribution in [0, 0.1) is 0 Å². The molecule has 1 N–H and O–H groups in total. The number of carbonyl (C=O) groups is 1. The second-order valence-electron chi connectivity index (χ2n) is 7.80. The number of nitrogens with one attached hydrogen (secondary N) is 1. The van der Waals surface area contributed by atoms with Gasteiger partial charge in [-0.1, -0.05) is 12.1 Å². The lowest BCUT2D eigenvalue weighted by molar-refractivity contribution is -0.137. The molecule has 7 nitrogen and oxygen atoms in total. The summed E-state index contributed by atoms with van der Waals surface area (Å²) in [5.74, 6) is -0.0988. The van der Waals surface area contributed by atoms with E-state index in [2.05, 4.69) is 20.4 Å². The van der Waals surface area contributed by atoms with Crippen molar-refractivity contribution in [3.63, 3.8) is 0 Å². The van der Waals surface area contributed by atoms with Gasteiger partial charge in [-0.05, 0) is 24.6 Å². The lowest BCUT2D eigenvalue weighted by Gasteiger charge is -2.22. The summed E-state index contributed by atoms with van der Waals surface area (Å²) in [6, 6.07) is 6.90. The van der Waals surface area contributed by atoms with Gasteiger partial charge in [0.1, 0.15) is 5.69 Å². The predicted octanol–water partition coefficient (Wildman–Crippen LogP) is 2.75. The minimum Gasteiger partial charge on any atom is -0.329 e. The lowest BCUT2D eigenvalue weighted by atomic mass is 10.1. The van der Waals surface area contributed by atoms with E-state index in [-0.39, 0.29) is 35.1 Å². The Morgan fingerprint density at radius 3 is 2.87 bits per heavy atom. The Kier molecular flexibility index (Phi) is 4.73. The van der Waals surface area contributed by atoms with Gasteiger partial charge in [0.2, 0.25) is 0 Å². The fourth-order valence-electron chi connectivity index (χ4n) is 4.18. The van der Waals surface area contributed by atoms with Crippen LogP contribution in [0.4, 0.5) is 13.2 Å². The Morgan fingerprint density at radius 1 is 1.23 bits per heavy atom. The molecule has 0 aliphatic carbocycles. The number of carbonyl (C=O) groups excluding carboxylic acids is 1. The molecule has 0 saturated carbocycles. The normalized spacial score (nSPS) is 21.0. The van der Waals surface area contributed by atoms with Crippen molar-refractivity contribution in [2.24, 2.45) is 0 Å². The number of nitrogens with zero attached hydrogens (tertiary/aromatic N) is 5. The molecule has 0 radical (unpaired) electrons. The molecule has 160 valence electrons. The fraction of sp³-hybridized carbons (Fsp3) is 0.333. The second-order valence-corrected chi connectivity index (χ2v) is 7.80. The van der Waals surface area contributed by atoms with Gasteiger partial charge in [-0.25, -0.2) is 9.97 Å². The molecule has 4 heterocycles. The smallest absolute Gasteiger partial charge is 0.329 e. The third-order valence-electron chi connectivity index (χ3n) is 5.72. The molecule has 3 aromatic rings. The van der Waals surface area contributed by atoms with Crippen molar-refractivity contribution in [3.05, 3.63) is 65.7 Å². The Morgan fingerprint density at radius 2 is 2.10 bits per heavy atom. The van der Waals surface area contributed by atoms with Crippen molar-refractivity contribution in [2.45, 2.75) is 37.8 Å². The van der Waals surface area contributed by atoms with Crippen LogP contribution in [0.2, 0.25) is 0 Å². The lowest BCUT2D eigenvalue weighted by Crippen LogP contribution is -2.37. The van der Waals surface area contributed by atoms with Gasteiger partial charge in [0.05, 0.1) is 18.7 Å². The zero-order valence-corrected chi connectivity index (χ0v) is 16.4. The number of alkyl halides is 3. The molecule has 5 rings (SSSR count). The molecular weight excluding hydrogens is 409 g/mol. The molecule has 10 heteroatoms. The summed E-state index contributed by atoms with van der Waals surface area (Å²) in [5, 5.41) is 7.65. The van der Waals surface area contributed by atoms with E-state index in [1.54, 1.807) is 17.3 Å². The number of halogens is 3. The third-order valence-corrected chi connectivity index (χ3v) is 5.72. The van der Waals surface area contributed by atoms with Gasteiger partial charge in [-0.2, -0.15) is 18.3 Å². The van der Waals surface area contributed by atoms with Crippen molar-refractivity contribution in [1.29, 1.82) is 0 Å². The SMILES string of the molecule is O=C1c2nc(-c3cccc(C(F)(F)F)c3)ncc2CN1[C@H]1CN[C@H](Cn2cccn2)C1. The fourth-order valence-corrected chi connectivity index (χ4v) is 4.18. The molecule has 2 aromatic heterocycles. The van der Waals surface area contributed by atoms with Gasteiger partial charge in [-0.3, -0.25) is 9.48 Å². The van der Waals surface area contributed by atoms with Crippen LogP contribution in [0.25, 0.3) is 11.4 Å². The van der Waals surface area contributed by atoms with Gasteiger partial charge < -0.3 is 10.2 Å². The number of fused-ring (bicyclic) bond motifs is 1. The average Bonchev–Trinajstić information content (AvgIpc) is 3.49. The zero-order chi connectivity index (χ0) is 21.6. The maximum absolute atomic E-state index is 13.0. The van der Waals surface area contributed by atoms with E-state index in [9.17, 15) is 18.0 Å². The molecular formula is C21H19F3N6O. The average molecular weight is 428 g/mol. The van der Waals surface area contributed by atoms with Crippen molar-refractivity contribution in [1.82, 2.24) is 30.0 Å². The van der Waals surface area contributed by atoms with Gasteiger partial charge in [-0.15, -0.1) is 0 Å². The highest BCUT2D eigenvalue weighted by Crippen LogP contribution is 2.32. The van der Waals surface area contributed by atoms with E-state index < -0.39 is 11.7 Å². The first-order valence-corrected chi connectivity index (χ1v) is 9.94. The van der Waals surface area contributed by atoms with Crippen LogP contribution in [0.1, 0.15) is 28.0 Å². The largest absolute Gasteiger partial charge is 0.416 e. The molecule has 1 amide bonds. The van der Waals surface area contributed by atoms with Crippen LogP contribution in [-0.4, -0.2) is 49.2 Å². The number of aromatic nitrogens is 4. The highest BCUT2D eigenvalue weighted by atomic mass is 19.4. The molecule has 0 bridgehead atoms. The van der Waals surface area contributed by atoms with E-state index in [1.807, 2.05) is 16.9 Å². The summed E-state index contributed by atoms with van der Waals surface area (Å²) < 4.78 is 40.9. The molecule has 1 fully saturated rings. The van der Waals surface area contributed by atoms with E-state index in [1.165, 1.54) is 12.1 Å². The molecule has 2 aliphatic heterocycles. The van der Waals surface area contributed by atoms with Crippen LogP contribution in [0.3, 0.4) is 0 Å². The van der Waals surface area contributed by atoms with Crippen LogP contribution in [-0.2, 0) is 19.3 Å². The quantitative estimate of drug-likeness (QED) is 0.692. The standard InChI is InChI=1S/C21H19F3N6O/c22-21(23,24)15-4-1-3-13(7-15)19-26-9-14-11-30(20(31)18(14)28-19)17-8-16(25-10-17)12-29-6-2-5-27-29/h1-7,9,16-17,25H,8,10-12H2/t16-,17+/m0/s1. The van der Waals surface area contributed by atoms with Crippen LogP contribution < -0.4 is 5.32 Å². The van der Waals surface area contributed by atoms with Crippen LogP contribution in [0.15, 0.2) is 48.9 Å². The van der Waals surface area contributed by atoms with Crippen molar-refractivity contribution in [2.75, 3.05) is 6.54 Å². The summed E-state index contributed by atoms with van der Waals surface area (Å²) in [7, 11) is 0. The van der Waals surface area contributed by atoms with E-state index in [0.717, 1.165) is 25.1 Å². The van der Waals surface area contributed by atoms with Gasteiger partial charge in [0.15, 0.2) is 5.82 Å². The number of rotatable bonds is 4. The van der Waals surface area contributed by atoms with Gasteiger partial charge in [0, 0.05) is 48.3 Å². The van der Waals surface area contributed by atoms with Crippen molar-refractivity contribution < 1.29 is 18.0 Å². The Labute approximate surface area is 175 Å². The van der Waals surface area contributed by atoms with Crippen molar-refractivity contribution >= 4 is 5.91 Å². The predicted molar refractivity (Wildman–Crippen MR) is 105 cm³/mol. The summed E-state index contributed by atoms with van der Waals surface area (Å²) >= 11 is 0. The highest BCUT2D eigenvalue weighted by molar-refractivity contribution is 5.97. The summed E-state index contributed by atoms with van der Waals surface area (Å²) in [4.78, 5) is 23.3. The zero-order valence-electron chi connectivity index (χ0n) is 16.4. The topological polar surface area (TPSA) is 75.9 Å². The monoisotopic (exact) mass is 428 g/mol. The first-order valence-electron chi connectivity index (χ1n) is 9.94. The maximum Gasteiger partial charge on any atom is 0.416 e. The van der Waals surface area contributed by atoms with Crippen LogP contribution >= 0.6 is 0 Å². The van der Waals surface area contributed by atoms with E-state index in [4.69, 9.17) is 0 Å². The van der Waals surface area contributed by atoms with E-state index >= 15 is 0 Å². The Hall–Kier alpha value is -3.27. The molecule has 0 unspecified atom stereocenters. The summed E-state index contributed by atoms with van der Waals surface area (Å²) in [6.45, 7) is 1.79. The molecule has 31 heavy (non-hydrogen) atoms. The minimum absolute atomic E-state index is 0.0132. The molecule has 1 aromatic carbocycles. The molecule has 0 spiro atoms. The van der Waals surface area contributed by atoms with E-state index in [0.29, 0.717) is 18.7 Å². The molecule has 2 aliphatic rings. The first-order chi connectivity index (χ1) is 14.9.